The summed E-state index contributed by atoms with van der Waals surface area (Å²) in [6.07, 6.45) is 4.28. The van der Waals surface area contributed by atoms with Gasteiger partial charge in [-0.15, -0.1) is 0 Å². The van der Waals surface area contributed by atoms with E-state index >= 15 is 0 Å². The van der Waals surface area contributed by atoms with Crippen LogP contribution in [0.3, 0.4) is 0 Å². The van der Waals surface area contributed by atoms with Gasteiger partial charge in [-0.1, -0.05) is 31.4 Å². The van der Waals surface area contributed by atoms with Gasteiger partial charge in [0.05, 0.1) is 37.6 Å². The summed E-state index contributed by atoms with van der Waals surface area (Å²) < 4.78 is 11.7. The molecule has 3 aromatic carbocycles. The highest BCUT2D eigenvalue weighted by Crippen LogP contribution is 2.35. The Bertz CT molecular complexity index is 1590. The molecular formula is C35H36O12. The van der Waals surface area contributed by atoms with Gasteiger partial charge in [0, 0.05) is 17.7 Å². The summed E-state index contributed by atoms with van der Waals surface area (Å²) >= 11 is 0. The molecule has 2 N–H and O–H groups in total. The zero-order chi connectivity index (χ0) is 34.2. The first-order valence-corrected chi connectivity index (χ1v) is 14.7. The van der Waals surface area contributed by atoms with Crippen molar-refractivity contribution < 1.29 is 58.4 Å². The van der Waals surface area contributed by atoms with Gasteiger partial charge in [-0.2, -0.15) is 9.78 Å². The molecule has 0 aliphatic heterocycles. The second-order valence-corrected chi connectivity index (χ2v) is 10.0. The molecule has 3 aromatic rings. The van der Waals surface area contributed by atoms with Crippen molar-refractivity contribution in [1.82, 2.24) is 0 Å². The number of unbranched alkanes of at least 4 members (excludes halogenated alkanes) is 2. The number of aromatic carboxylic acids is 2. The molecule has 12 nitrogen and oxygen atoms in total. The Morgan fingerprint density at radius 3 is 1.55 bits per heavy atom. The Kier molecular flexibility index (Phi) is 14.2. The molecule has 248 valence electrons. The fraction of sp³-hybridized carbons (Fsp3) is 0.257. The molecule has 0 saturated carbocycles. The number of rotatable bonds is 20. The highest BCUT2D eigenvalue weighted by atomic mass is 17.2. The molecule has 0 spiro atoms. The maximum atomic E-state index is 12.1. The van der Waals surface area contributed by atoms with Crippen LogP contribution in [0, 0.1) is 6.92 Å². The minimum Gasteiger partial charge on any atom is -0.494 e. The van der Waals surface area contributed by atoms with Crippen molar-refractivity contribution in [2.45, 2.75) is 32.6 Å². The third-order valence-corrected chi connectivity index (χ3v) is 6.67. The van der Waals surface area contributed by atoms with E-state index in [1.807, 2.05) is 6.92 Å². The lowest BCUT2D eigenvalue weighted by atomic mass is 9.91. The summed E-state index contributed by atoms with van der Waals surface area (Å²) in [6.45, 7) is 9.36. The third-order valence-electron chi connectivity index (χ3n) is 6.67. The van der Waals surface area contributed by atoms with Crippen LogP contribution in [0.25, 0.3) is 22.3 Å². The molecule has 0 aromatic heterocycles. The first kappa shape index (κ1) is 36.0. The molecule has 0 aliphatic carbocycles. The minimum atomic E-state index is -1.11. The van der Waals surface area contributed by atoms with Crippen molar-refractivity contribution in [2.24, 2.45) is 0 Å². The highest BCUT2D eigenvalue weighted by Gasteiger charge is 2.18. The number of aryl methyl sites for hydroxylation is 1. The van der Waals surface area contributed by atoms with E-state index in [0.29, 0.717) is 78.2 Å². The molecule has 3 rings (SSSR count). The number of benzene rings is 3. The fourth-order valence-corrected chi connectivity index (χ4v) is 4.37. The van der Waals surface area contributed by atoms with E-state index in [9.17, 15) is 29.4 Å². The lowest BCUT2D eigenvalue weighted by molar-refractivity contribution is -0.267. The Hall–Kier alpha value is -5.46. The molecular weight excluding hydrogens is 612 g/mol. The topological polar surface area (TPSA) is 164 Å². The second kappa shape index (κ2) is 18.5. The molecule has 0 unspecified atom stereocenters. The van der Waals surface area contributed by atoms with E-state index in [1.54, 1.807) is 42.5 Å². The zero-order valence-electron chi connectivity index (χ0n) is 25.9. The van der Waals surface area contributed by atoms with Crippen LogP contribution in [0.2, 0.25) is 0 Å². The van der Waals surface area contributed by atoms with E-state index in [2.05, 4.69) is 22.9 Å². The maximum Gasteiger partial charge on any atom is 0.365 e. The van der Waals surface area contributed by atoms with E-state index in [0.717, 1.165) is 12.2 Å². The average molecular weight is 649 g/mol. The van der Waals surface area contributed by atoms with Gasteiger partial charge in [-0.25, -0.2) is 19.2 Å². The smallest absolute Gasteiger partial charge is 0.365 e. The molecule has 0 saturated heterocycles. The molecule has 0 bridgehead atoms. The number of hydrogen-bond donors (Lipinski definition) is 2. The Morgan fingerprint density at radius 2 is 1.09 bits per heavy atom. The number of carboxylic acids is 2. The van der Waals surface area contributed by atoms with Crippen LogP contribution in [0.5, 0.6) is 11.5 Å². The second-order valence-electron chi connectivity index (χ2n) is 10.0. The number of carboxylic acid groups (broad SMARTS) is 2. The van der Waals surface area contributed by atoms with E-state index in [1.165, 1.54) is 12.1 Å². The van der Waals surface area contributed by atoms with Crippen molar-refractivity contribution in [3.63, 3.8) is 0 Å². The molecule has 0 heterocycles. The molecule has 12 heteroatoms. The summed E-state index contributed by atoms with van der Waals surface area (Å²) in [6, 6.07) is 14.7. The number of ether oxygens (including phenoxy) is 2. The summed E-state index contributed by atoms with van der Waals surface area (Å²) in [5.41, 5.74) is 2.99. The van der Waals surface area contributed by atoms with Crippen LogP contribution in [0.4, 0.5) is 0 Å². The first-order chi connectivity index (χ1) is 22.6. The molecule has 0 atom stereocenters. The van der Waals surface area contributed by atoms with Crippen LogP contribution in [-0.4, -0.2) is 60.5 Å². The molecule has 0 amide bonds. The van der Waals surface area contributed by atoms with Gasteiger partial charge in [0.15, 0.2) is 0 Å². The van der Waals surface area contributed by atoms with E-state index in [-0.39, 0.29) is 24.3 Å². The van der Waals surface area contributed by atoms with Gasteiger partial charge >= 0.3 is 23.9 Å². The molecule has 0 fully saturated rings. The summed E-state index contributed by atoms with van der Waals surface area (Å²) in [4.78, 5) is 64.6. The van der Waals surface area contributed by atoms with Gasteiger partial charge in [-0.3, -0.25) is 9.78 Å². The standard InChI is InChI=1S/C35H36O12/c1-4-32(36)46-44-18-8-6-16-42-25-11-14-28(34(38)39)30(21-25)24-10-13-27(23(3)20-24)31-22-26(12-15-29(31)35(40)41)43-17-7-9-19-45-47-33(37)5-2/h4-5,10-15,20-22H,1-2,6-9,16-19H2,3H3,(H,38,39)(H,40,41). The average Bonchev–Trinajstić information content (AvgIpc) is 3.06. The summed E-state index contributed by atoms with van der Waals surface area (Å²) in [7, 11) is 0. The van der Waals surface area contributed by atoms with E-state index < -0.39 is 23.9 Å². The normalized spacial score (nSPS) is 10.5. The van der Waals surface area contributed by atoms with Crippen LogP contribution < -0.4 is 9.47 Å². The quantitative estimate of drug-likeness (QED) is 0.0603. The first-order valence-electron chi connectivity index (χ1n) is 14.7. The largest absolute Gasteiger partial charge is 0.494 e. The lowest BCUT2D eigenvalue weighted by Gasteiger charge is -2.15. The summed E-state index contributed by atoms with van der Waals surface area (Å²) in [5, 5.41) is 19.7. The third kappa shape index (κ3) is 11.1. The van der Waals surface area contributed by atoms with Crippen LogP contribution in [0.1, 0.15) is 52.0 Å². The number of carbonyl (C=O) groups is 4. The molecule has 0 aliphatic rings. The van der Waals surface area contributed by atoms with Crippen LogP contribution in [-0.2, 0) is 29.1 Å². The van der Waals surface area contributed by atoms with Gasteiger partial charge in [-0.05, 0) is 91.3 Å². The van der Waals surface area contributed by atoms with Crippen molar-refractivity contribution in [2.75, 3.05) is 26.4 Å². The minimum absolute atomic E-state index is 0.0767. The predicted octanol–water partition coefficient (Wildman–Crippen LogP) is 6.37. The Morgan fingerprint density at radius 1 is 0.617 bits per heavy atom. The summed E-state index contributed by atoms with van der Waals surface area (Å²) in [5.74, 6) is -2.64. The Balaban J connectivity index is 1.72. The SMILES string of the molecule is C=CC(=O)OOCCCCOc1ccc(C(=O)O)c(-c2ccc(-c3cc(OCCCCOOC(=O)C=C)ccc3C(=O)O)c(C)c2)c1. The maximum absolute atomic E-state index is 12.1. The van der Waals surface area contributed by atoms with Gasteiger partial charge < -0.3 is 19.7 Å². The fourth-order valence-electron chi connectivity index (χ4n) is 4.37. The number of carbonyl (C=O) groups excluding carboxylic acids is 2. The highest BCUT2D eigenvalue weighted by molar-refractivity contribution is 5.98. The van der Waals surface area contributed by atoms with Gasteiger partial charge in [0.2, 0.25) is 0 Å². The van der Waals surface area contributed by atoms with E-state index in [4.69, 9.17) is 19.2 Å². The van der Waals surface area contributed by atoms with Crippen molar-refractivity contribution in [3.05, 3.63) is 96.6 Å². The number of hydrogen-bond acceptors (Lipinski definition) is 10. The van der Waals surface area contributed by atoms with Crippen molar-refractivity contribution >= 4 is 23.9 Å². The van der Waals surface area contributed by atoms with Gasteiger partial charge in [0.1, 0.15) is 11.5 Å². The molecule has 0 radical (unpaired) electrons. The Labute approximate surface area is 271 Å². The predicted molar refractivity (Wildman–Crippen MR) is 170 cm³/mol. The molecule has 47 heavy (non-hydrogen) atoms. The van der Waals surface area contributed by atoms with Crippen molar-refractivity contribution in [1.29, 1.82) is 0 Å². The lowest BCUT2D eigenvalue weighted by Crippen LogP contribution is -2.06. The van der Waals surface area contributed by atoms with Crippen LogP contribution in [0.15, 0.2) is 79.9 Å². The van der Waals surface area contributed by atoms with Gasteiger partial charge in [0.25, 0.3) is 0 Å². The van der Waals surface area contributed by atoms with Crippen LogP contribution >= 0.6 is 0 Å². The zero-order valence-corrected chi connectivity index (χ0v) is 25.9. The monoisotopic (exact) mass is 648 g/mol. The van der Waals surface area contributed by atoms with Crippen molar-refractivity contribution in [3.8, 4) is 33.8 Å².